The minimum absolute atomic E-state index is 0.160. The Morgan fingerprint density at radius 2 is 2.04 bits per heavy atom. The van der Waals surface area contributed by atoms with Crippen molar-refractivity contribution in [2.75, 3.05) is 0 Å². The molecule has 0 bridgehead atoms. The molecule has 0 aliphatic carbocycles. The van der Waals surface area contributed by atoms with Crippen LogP contribution in [-0.2, 0) is 11.3 Å². The third-order valence-corrected chi connectivity index (χ3v) is 4.40. The molecule has 1 unspecified atom stereocenters. The van der Waals surface area contributed by atoms with Gasteiger partial charge in [0.15, 0.2) is 0 Å². The summed E-state index contributed by atoms with van der Waals surface area (Å²) in [5.41, 5.74) is 0.330. The van der Waals surface area contributed by atoms with Gasteiger partial charge in [0, 0.05) is 16.1 Å². The number of carbonyl (C=O) groups excluding carboxylic acids is 1. The number of fused-ring (bicyclic) bond motifs is 1. The number of hydrogen-bond donors (Lipinski definition) is 1. The van der Waals surface area contributed by atoms with Crippen molar-refractivity contribution in [2.45, 2.75) is 19.5 Å². The van der Waals surface area contributed by atoms with Crippen molar-refractivity contribution in [2.24, 2.45) is 0 Å². The van der Waals surface area contributed by atoms with E-state index in [4.69, 9.17) is 0 Å². The van der Waals surface area contributed by atoms with Gasteiger partial charge in [-0.05, 0) is 31.2 Å². The largest absolute Gasteiger partial charge is 0.348 e. The lowest BCUT2D eigenvalue weighted by Crippen LogP contribution is -2.34. The minimum atomic E-state index is -0.743. The summed E-state index contributed by atoms with van der Waals surface area (Å²) in [6.07, 6.45) is 1.29. The molecular weight excluding hydrogens is 408 g/mol. The van der Waals surface area contributed by atoms with Crippen LogP contribution in [-0.4, -0.2) is 15.5 Å². The van der Waals surface area contributed by atoms with Crippen molar-refractivity contribution in [1.82, 2.24) is 14.9 Å². The van der Waals surface area contributed by atoms with E-state index >= 15 is 0 Å². The Balaban J connectivity index is 1.78. The van der Waals surface area contributed by atoms with Gasteiger partial charge in [-0.25, -0.2) is 13.8 Å². The monoisotopic (exact) mass is 421 g/mol. The van der Waals surface area contributed by atoms with Crippen molar-refractivity contribution >= 4 is 32.7 Å². The minimum Gasteiger partial charge on any atom is -0.348 e. The highest BCUT2D eigenvalue weighted by Gasteiger charge is 2.15. The van der Waals surface area contributed by atoms with Crippen molar-refractivity contribution in [3.8, 4) is 0 Å². The van der Waals surface area contributed by atoms with E-state index in [0.29, 0.717) is 10.9 Å². The molecule has 0 fully saturated rings. The van der Waals surface area contributed by atoms with Gasteiger partial charge in [-0.2, -0.15) is 0 Å². The van der Waals surface area contributed by atoms with Crippen LogP contribution in [0, 0.1) is 11.6 Å². The third-order valence-electron chi connectivity index (χ3n) is 3.91. The average molecular weight is 422 g/mol. The third kappa shape index (κ3) is 3.80. The number of hydrogen-bond acceptors (Lipinski definition) is 3. The van der Waals surface area contributed by atoms with Crippen molar-refractivity contribution < 1.29 is 13.6 Å². The second kappa shape index (κ2) is 7.33. The number of amides is 1. The molecule has 0 radical (unpaired) electrons. The molecule has 5 nitrogen and oxygen atoms in total. The van der Waals surface area contributed by atoms with Crippen LogP contribution >= 0.6 is 15.9 Å². The quantitative estimate of drug-likeness (QED) is 0.702. The van der Waals surface area contributed by atoms with Gasteiger partial charge in [-0.15, -0.1) is 0 Å². The highest BCUT2D eigenvalue weighted by molar-refractivity contribution is 9.10. The molecule has 1 aromatic heterocycles. The summed E-state index contributed by atoms with van der Waals surface area (Å²) in [4.78, 5) is 28.9. The highest BCUT2D eigenvalue weighted by atomic mass is 79.9. The highest BCUT2D eigenvalue weighted by Crippen LogP contribution is 2.18. The van der Waals surface area contributed by atoms with Gasteiger partial charge in [-0.1, -0.05) is 22.0 Å². The zero-order valence-electron chi connectivity index (χ0n) is 13.7. The number of nitrogens with zero attached hydrogens (tertiary/aromatic N) is 2. The number of carbonyl (C=O) groups is 1. The van der Waals surface area contributed by atoms with E-state index in [1.807, 2.05) is 0 Å². The van der Waals surface area contributed by atoms with Gasteiger partial charge in [0.1, 0.15) is 18.2 Å². The lowest BCUT2D eigenvalue weighted by atomic mass is 10.1. The van der Waals surface area contributed by atoms with E-state index in [2.05, 4.69) is 26.2 Å². The van der Waals surface area contributed by atoms with Gasteiger partial charge in [0.05, 0.1) is 23.3 Å². The lowest BCUT2D eigenvalue weighted by Gasteiger charge is -2.15. The van der Waals surface area contributed by atoms with Crippen LogP contribution in [0.3, 0.4) is 0 Å². The number of aromatic nitrogens is 2. The zero-order valence-corrected chi connectivity index (χ0v) is 15.3. The maximum Gasteiger partial charge on any atom is 0.261 e. The van der Waals surface area contributed by atoms with Crippen LogP contribution in [0.25, 0.3) is 10.9 Å². The number of halogens is 3. The van der Waals surface area contributed by atoms with Gasteiger partial charge >= 0.3 is 0 Å². The smallest absolute Gasteiger partial charge is 0.261 e. The van der Waals surface area contributed by atoms with Crippen LogP contribution < -0.4 is 10.9 Å². The molecular formula is C18H14BrF2N3O2. The molecule has 134 valence electrons. The summed E-state index contributed by atoms with van der Waals surface area (Å²) >= 11 is 3.29. The summed E-state index contributed by atoms with van der Waals surface area (Å²) in [6.45, 7) is 1.31. The van der Waals surface area contributed by atoms with Gasteiger partial charge < -0.3 is 5.32 Å². The summed E-state index contributed by atoms with van der Waals surface area (Å²) in [6, 6.07) is 7.58. The molecule has 26 heavy (non-hydrogen) atoms. The molecule has 0 aliphatic heterocycles. The number of benzene rings is 2. The van der Waals surface area contributed by atoms with E-state index in [1.165, 1.54) is 17.0 Å². The van der Waals surface area contributed by atoms with Crippen LogP contribution in [0.1, 0.15) is 18.5 Å². The topological polar surface area (TPSA) is 64.0 Å². The summed E-state index contributed by atoms with van der Waals surface area (Å²) in [5.74, 6) is -1.92. The van der Waals surface area contributed by atoms with Crippen LogP contribution in [0.2, 0.25) is 0 Å². The normalized spacial score (nSPS) is 12.2. The molecule has 1 atom stereocenters. The van der Waals surface area contributed by atoms with Gasteiger partial charge in [0.25, 0.3) is 5.56 Å². The molecule has 2 aromatic carbocycles. The van der Waals surface area contributed by atoms with Crippen LogP contribution in [0.5, 0.6) is 0 Å². The first kappa shape index (κ1) is 18.2. The Kier molecular flexibility index (Phi) is 5.13. The predicted octanol–water partition coefficient (Wildman–Crippen LogP) is 3.31. The van der Waals surface area contributed by atoms with E-state index in [-0.39, 0.29) is 17.7 Å². The second-order valence-electron chi connectivity index (χ2n) is 5.79. The summed E-state index contributed by atoms with van der Waals surface area (Å²) in [5, 5.41) is 2.98. The molecule has 3 aromatic rings. The molecule has 1 N–H and O–H groups in total. The maximum absolute atomic E-state index is 13.8. The fraction of sp³-hybridized carbons (Fsp3) is 0.167. The van der Waals surface area contributed by atoms with E-state index in [1.54, 1.807) is 25.1 Å². The van der Waals surface area contributed by atoms with E-state index < -0.39 is 23.6 Å². The molecule has 0 saturated heterocycles. The molecule has 0 aliphatic rings. The second-order valence-corrected chi connectivity index (χ2v) is 6.71. The van der Waals surface area contributed by atoms with Crippen LogP contribution in [0.4, 0.5) is 8.78 Å². The molecule has 1 heterocycles. The fourth-order valence-corrected chi connectivity index (χ4v) is 2.98. The molecule has 8 heteroatoms. The molecule has 0 saturated carbocycles. The summed E-state index contributed by atoms with van der Waals surface area (Å²) in [7, 11) is 0. The van der Waals surface area contributed by atoms with Crippen LogP contribution in [0.15, 0.2) is 52.0 Å². The first-order valence-corrected chi connectivity index (χ1v) is 8.53. The predicted molar refractivity (Wildman–Crippen MR) is 96.6 cm³/mol. The Morgan fingerprint density at radius 3 is 2.77 bits per heavy atom. The van der Waals surface area contributed by atoms with Gasteiger partial charge in [-0.3, -0.25) is 14.2 Å². The Hall–Kier alpha value is -2.61. The zero-order chi connectivity index (χ0) is 18.8. The van der Waals surface area contributed by atoms with Crippen molar-refractivity contribution in [3.63, 3.8) is 0 Å². The Labute approximate surface area is 155 Å². The first-order valence-electron chi connectivity index (χ1n) is 7.74. The maximum atomic E-state index is 13.8. The van der Waals surface area contributed by atoms with Gasteiger partial charge in [0.2, 0.25) is 5.91 Å². The standard InChI is InChI=1S/C18H14BrF2N3O2/c1-10(13-4-3-12(20)7-15(13)21)23-17(25)8-24-9-22-16-5-2-11(19)6-14(16)18(24)26/h2-7,9-10H,8H2,1H3,(H,23,25). The van der Waals surface area contributed by atoms with E-state index in [0.717, 1.165) is 16.6 Å². The van der Waals surface area contributed by atoms with E-state index in [9.17, 15) is 18.4 Å². The number of rotatable bonds is 4. The lowest BCUT2D eigenvalue weighted by molar-refractivity contribution is -0.122. The Morgan fingerprint density at radius 1 is 1.27 bits per heavy atom. The Bertz CT molecular complexity index is 1050. The molecule has 1 amide bonds. The summed E-state index contributed by atoms with van der Waals surface area (Å²) < 4.78 is 28.7. The fourth-order valence-electron chi connectivity index (χ4n) is 2.62. The van der Waals surface area contributed by atoms with Crippen molar-refractivity contribution in [3.05, 3.63) is 74.7 Å². The average Bonchev–Trinajstić information content (AvgIpc) is 2.57. The number of nitrogens with one attached hydrogen (secondary N) is 1. The SMILES string of the molecule is CC(NC(=O)Cn1cnc2ccc(Br)cc2c1=O)c1ccc(F)cc1F. The molecule has 0 spiro atoms. The van der Waals surface area contributed by atoms with Crippen molar-refractivity contribution in [1.29, 1.82) is 0 Å². The first-order chi connectivity index (χ1) is 12.3. The molecule has 3 rings (SSSR count).